The molecule has 1 aromatic carbocycles. The summed E-state index contributed by atoms with van der Waals surface area (Å²) in [5.41, 5.74) is 2.38. The third-order valence-corrected chi connectivity index (χ3v) is 4.91. The minimum Gasteiger partial charge on any atom is -0.478 e. The van der Waals surface area contributed by atoms with E-state index < -0.39 is 11.9 Å². The van der Waals surface area contributed by atoms with Crippen molar-refractivity contribution in [3.63, 3.8) is 0 Å². The molecule has 0 bridgehead atoms. The second-order valence-corrected chi connectivity index (χ2v) is 6.91. The van der Waals surface area contributed by atoms with Crippen LogP contribution in [0.5, 0.6) is 0 Å². The van der Waals surface area contributed by atoms with E-state index in [1.54, 1.807) is 11.8 Å². The fourth-order valence-corrected chi connectivity index (χ4v) is 3.57. The van der Waals surface area contributed by atoms with E-state index in [0.717, 1.165) is 36.5 Å². The van der Waals surface area contributed by atoms with Crippen molar-refractivity contribution in [3.8, 4) is 0 Å². The van der Waals surface area contributed by atoms with Crippen LogP contribution in [0.15, 0.2) is 46.2 Å². The van der Waals surface area contributed by atoms with Crippen LogP contribution < -0.4 is 5.32 Å². The molecule has 3 N–H and O–H groups in total. The molecule has 0 unspecified atom stereocenters. The predicted molar refractivity (Wildman–Crippen MR) is 110 cm³/mol. The molecule has 2 rings (SSSR count). The highest BCUT2D eigenvalue weighted by Crippen LogP contribution is 2.34. The Balaban J connectivity index is 0.000000447. The monoisotopic (exact) mass is 423 g/mol. The summed E-state index contributed by atoms with van der Waals surface area (Å²) in [5.74, 6) is -2.71. The van der Waals surface area contributed by atoms with Crippen LogP contribution in [-0.2, 0) is 29.0 Å². The van der Waals surface area contributed by atoms with E-state index in [9.17, 15) is 14.0 Å². The molecule has 0 aliphatic carbocycles. The molecule has 2 aromatic rings. The third-order valence-electron chi connectivity index (χ3n) is 3.72. The van der Waals surface area contributed by atoms with E-state index in [-0.39, 0.29) is 5.82 Å². The first kappa shape index (κ1) is 24.4. The lowest BCUT2D eigenvalue weighted by Gasteiger charge is -2.07. The number of aromatic nitrogens is 2. The topological polar surface area (TPSA) is 104 Å². The van der Waals surface area contributed by atoms with E-state index in [1.165, 1.54) is 22.7 Å². The van der Waals surface area contributed by atoms with Crippen LogP contribution in [0.2, 0.25) is 0 Å². The van der Waals surface area contributed by atoms with Crippen molar-refractivity contribution >= 4 is 23.7 Å². The van der Waals surface area contributed by atoms with E-state index in [1.807, 2.05) is 19.2 Å². The number of nitrogens with zero attached hydrogens (tertiary/aromatic N) is 2. The molecule has 0 spiro atoms. The summed E-state index contributed by atoms with van der Waals surface area (Å²) in [6, 6.07) is 6.66. The molecule has 0 atom stereocenters. The highest BCUT2D eigenvalue weighted by Gasteiger charge is 2.16. The predicted octanol–water partition coefficient (Wildman–Crippen LogP) is 3.23. The number of carboxylic acids is 2. The number of nitrogens with one attached hydrogen (secondary N) is 1. The van der Waals surface area contributed by atoms with Crippen LogP contribution in [-0.4, -0.2) is 45.5 Å². The fourth-order valence-electron chi connectivity index (χ4n) is 2.39. The molecule has 1 aromatic heterocycles. The number of likely N-dealkylation sites (N-methyl/N-ethyl adjacent to an activating group) is 1. The number of carbonyl (C=O) groups is 2. The van der Waals surface area contributed by atoms with Gasteiger partial charge in [0.15, 0.2) is 0 Å². The number of aliphatic carboxylic acids is 2. The number of rotatable bonds is 9. The molecular formula is C20H26FN3O4S. The molecule has 1 heterocycles. The van der Waals surface area contributed by atoms with Gasteiger partial charge in [0, 0.05) is 23.6 Å². The molecule has 0 saturated heterocycles. The van der Waals surface area contributed by atoms with Gasteiger partial charge >= 0.3 is 11.9 Å². The molecule has 0 amide bonds. The van der Waals surface area contributed by atoms with Gasteiger partial charge in [-0.15, -0.1) is 0 Å². The highest BCUT2D eigenvalue weighted by atomic mass is 32.2. The van der Waals surface area contributed by atoms with Gasteiger partial charge in [-0.05, 0) is 44.2 Å². The number of hydrogen-bond donors (Lipinski definition) is 3. The average Bonchev–Trinajstić information content (AvgIpc) is 3.03. The standard InChI is InChI=1S/C16H22FN3S.C4H4O4/c1-4-14-16(21-13-8-6-12(17)7-9-13)15(5-2)20(19-14)11-10-18-3;5-3(6)1-2-4(7)8/h6-9,18H,4-5,10-11H2,1-3H3;1-2H,(H,5,6)(H,7,8)/b;2-1-. The lowest BCUT2D eigenvalue weighted by molar-refractivity contribution is -0.134. The molecule has 29 heavy (non-hydrogen) atoms. The minimum atomic E-state index is -1.26. The van der Waals surface area contributed by atoms with Gasteiger partial charge in [0.2, 0.25) is 0 Å². The van der Waals surface area contributed by atoms with E-state index >= 15 is 0 Å². The molecule has 0 radical (unpaired) electrons. The maximum atomic E-state index is 13.0. The zero-order valence-electron chi connectivity index (χ0n) is 16.7. The van der Waals surface area contributed by atoms with Crippen molar-refractivity contribution in [2.75, 3.05) is 13.6 Å². The fraction of sp³-hybridized carbons (Fsp3) is 0.350. The van der Waals surface area contributed by atoms with Gasteiger partial charge in [-0.2, -0.15) is 5.10 Å². The number of aryl methyl sites for hydroxylation is 1. The quantitative estimate of drug-likeness (QED) is 0.532. The van der Waals surface area contributed by atoms with Gasteiger partial charge in [0.05, 0.1) is 22.8 Å². The summed E-state index contributed by atoms with van der Waals surface area (Å²) in [5, 5.41) is 23.5. The van der Waals surface area contributed by atoms with Crippen LogP contribution in [0.1, 0.15) is 25.2 Å². The lowest BCUT2D eigenvalue weighted by Crippen LogP contribution is -2.17. The Morgan fingerprint density at radius 2 is 1.72 bits per heavy atom. The third kappa shape index (κ3) is 8.49. The lowest BCUT2D eigenvalue weighted by atomic mass is 10.2. The highest BCUT2D eigenvalue weighted by molar-refractivity contribution is 7.99. The Hall–Kier alpha value is -2.65. The maximum Gasteiger partial charge on any atom is 0.328 e. The maximum absolute atomic E-state index is 13.0. The molecule has 0 fully saturated rings. The Morgan fingerprint density at radius 1 is 1.14 bits per heavy atom. The number of halogens is 1. The van der Waals surface area contributed by atoms with Crippen LogP contribution >= 0.6 is 11.8 Å². The van der Waals surface area contributed by atoms with Crippen molar-refractivity contribution in [1.29, 1.82) is 0 Å². The molecule has 9 heteroatoms. The molecular weight excluding hydrogens is 397 g/mol. The SMILES string of the molecule is CCc1nn(CCNC)c(CC)c1Sc1ccc(F)cc1.O=C(O)/C=C\C(=O)O. The van der Waals surface area contributed by atoms with Gasteiger partial charge in [0.25, 0.3) is 0 Å². The normalized spacial score (nSPS) is 10.6. The summed E-state index contributed by atoms with van der Waals surface area (Å²) >= 11 is 1.68. The molecule has 0 saturated carbocycles. The summed E-state index contributed by atoms with van der Waals surface area (Å²) < 4.78 is 15.1. The summed E-state index contributed by atoms with van der Waals surface area (Å²) in [4.78, 5) is 21.4. The Kier molecular flexibility index (Phi) is 10.7. The second kappa shape index (κ2) is 12.7. The van der Waals surface area contributed by atoms with Crippen LogP contribution in [0.25, 0.3) is 0 Å². The Bertz CT molecular complexity index is 819. The molecule has 0 aliphatic rings. The molecule has 0 aliphatic heterocycles. The smallest absolute Gasteiger partial charge is 0.328 e. The second-order valence-electron chi connectivity index (χ2n) is 5.82. The first-order chi connectivity index (χ1) is 13.8. The average molecular weight is 424 g/mol. The van der Waals surface area contributed by atoms with E-state index in [2.05, 4.69) is 23.8 Å². The number of benzene rings is 1. The first-order valence-electron chi connectivity index (χ1n) is 9.12. The van der Waals surface area contributed by atoms with Gasteiger partial charge < -0.3 is 15.5 Å². The van der Waals surface area contributed by atoms with Gasteiger partial charge in [-0.25, -0.2) is 14.0 Å². The summed E-state index contributed by atoms with van der Waals surface area (Å²) in [6.07, 6.45) is 2.97. The van der Waals surface area contributed by atoms with E-state index in [4.69, 9.17) is 15.3 Å². The Morgan fingerprint density at radius 3 is 2.17 bits per heavy atom. The van der Waals surface area contributed by atoms with Crippen molar-refractivity contribution < 1.29 is 24.2 Å². The summed E-state index contributed by atoms with van der Waals surface area (Å²) in [6.45, 7) is 6.05. The summed E-state index contributed by atoms with van der Waals surface area (Å²) in [7, 11) is 1.95. The van der Waals surface area contributed by atoms with Gasteiger partial charge in [-0.1, -0.05) is 25.6 Å². The van der Waals surface area contributed by atoms with Gasteiger partial charge in [0.1, 0.15) is 5.82 Å². The minimum absolute atomic E-state index is 0.199. The van der Waals surface area contributed by atoms with Crippen LogP contribution in [0, 0.1) is 5.82 Å². The number of carboxylic acid groups (broad SMARTS) is 2. The van der Waals surface area contributed by atoms with Gasteiger partial charge in [-0.3, -0.25) is 4.68 Å². The van der Waals surface area contributed by atoms with Crippen molar-refractivity contribution in [2.45, 2.75) is 43.0 Å². The van der Waals surface area contributed by atoms with Crippen LogP contribution in [0.4, 0.5) is 4.39 Å². The van der Waals surface area contributed by atoms with Crippen molar-refractivity contribution in [2.24, 2.45) is 0 Å². The zero-order chi connectivity index (χ0) is 21.8. The van der Waals surface area contributed by atoms with Crippen molar-refractivity contribution in [1.82, 2.24) is 15.1 Å². The van der Waals surface area contributed by atoms with Crippen molar-refractivity contribution in [3.05, 3.63) is 53.6 Å². The Labute approximate surface area is 173 Å². The zero-order valence-corrected chi connectivity index (χ0v) is 17.5. The largest absolute Gasteiger partial charge is 0.478 e. The van der Waals surface area contributed by atoms with E-state index in [0.29, 0.717) is 12.2 Å². The van der Waals surface area contributed by atoms with Crippen LogP contribution in [0.3, 0.4) is 0 Å². The first-order valence-corrected chi connectivity index (χ1v) is 9.94. The molecule has 158 valence electrons. The molecule has 7 nitrogen and oxygen atoms in total. The number of hydrogen-bond acceptors (Lipinski definition) is 5.